The van der Waals surface area contributed by atoms with Gasteiger partial charge in [0.15, 0.2) is 6.29 Å². The van der Waals surface area contributed by atoms with Crippen molar-refractivity contribution in [1.82, 2.24) is 4.90 Å². The van der Waals surface area contributed by atoms with Crippen molar-refractivity contribution in [3.8, 4) is 0 Å². The zero-order valence-corrected chi connectivity index (χ0v) is 12.3. The van der Waals surface area contributed by atoms with Crippen molar-refractivity contribution in [3.63, 3.8) is 0 Å². The van der Waals surface area contributed by atoms with E-state index in [0.29, 0.717) is 6.54 Å². The van der Waals surface area contributed by atoms with Crippen LogP contribution in [-0.2, 0) is 11.3 Å². The molecule has 0 spiro atoms. The number of nitrogens with zero attached hydrogens (tertiary/aromatic N) is 1. The van der Waals surface area contributed by atoms with Gasteiger partial charge in [0, 0.05) is 18.5 Å². The van der Waals surface area contributed by atoms with Crippen LogP contribution in [0.2, 0.25) is 0 Å². The van der Waals surface area contributed by atoms with E-state index in [9.17, 15) is 15.0 Å². The number of benzene rings is 1. The smallest absolute Gasteiger partial charge is 0.410 e. The van der Waals surface area contributed by atoms with Crippen LogP contribution in [0, 0.1) is 5.92 Å². The first-order chi connectivity index (χ1) is 10.1. The molecule has 1 aromatic rings. The monoisotopic (exact) mass is 293 g/mol. The number of aliphatic hydroxyl groups is 2. The molecule has 1 fully saturated rings. The summed E-state index contributed by atoms with van der Waals surface area (Å²) < 4.78 is 5.35. The number of aliphatic hydroxyl groups excluding tert-OH is 1. The number of piperidine rings is 1. The third-order valence-electron chi connectivity index (χ3n) is 4.08. The number of rotatable bonds is 4. The molecule has 0 saturated carbocycles. The zero-order valence-electron chi connectivity index (χ0n) is 12.3. The van der Waals surface area contributed by atoms with Gasteiger partial charge >= 0.3 is 6.09 Å². The second-order valence-corrected chi connectivity index (χ2v) is 5.51. The van der Waals surface area contributed by atoms with Gasteiger partial charge in [-0.2, -0.15) is 0 Å². The molecule has 116 valence electrons. The van der Waals surface area contributed by atoms with Gasteiger partial charge in [-0.1, -0.05) is 37.3 Å². The zero-order chi connectivity index (χ0) is 15.2. The molecule has 1 saturated heterocycles. The quantitative estimate of drug-likeness (QED) is 0.834. The fraction of sp³-hybridized carbons (Fsp3) is 0.562. The van der Waals surface area contributed by atoms with Crippen molar-refractivity contribution in [2.75, 3.05) is 6.54 Å². The Kier molecular flexibility index (Phi) is 5.59. The topological polar surface area (TPSA) is 70.0 Å². The van der Waals surface area contributed by atoms with Gasteiger partial charge in [0.2, 0.25) is 0 Å². The minimum atomic E-state index is -1.38. The van der Waals surface area contributed by atoms with Crippen molar-refractivity contribution >= 4 is 6.09 Å². The Morgan fingerprint density at radius 1 is 1.33 bits per heavy atom. The first-order valence-electron chi connectivity index (χ1n) is 7.45. The number of likely N-dealkylation sites (tertiary alicyclic amines) is 1. The van der Waals surface area contributed by atoms with Gasteiger partial charge in [0.05, 0.1) is 0 Å². The minimum Gasteiger partial charge on any atom is -0.445 e. The van der Waals surface area contributed by atoms with Crippen molar-refractivity contribution in [2.24, 2.45) is 5.92 Å². The predicted octanol–water partition coefficient (Wildman–Crippen LogP) is 2.12. The molecule has 2 rings (SSSR count). The second-order valence-electron chi connectivity index (χ2n) is 5.51. The van der Waals surface area contributed by atoms with E-state index < -0.39 is 6.29 Å². The summed E-state index contributed by atoms with van der Waals surface area (Å²) >= 11 is 0. The van der Waals surface area contributed by atoms with E-state index in [1.165, 1.54) is 0 Å². The molecule has 0 aromatic heterocycles. The highest BCUT2D eigenvalue weighted by atomic mass is 16.6. The summed E-state index contributed by atoms with van der Waals surface area (Å²) in [5.74, 6) is -0.294. The lowest BCUT2D eigenvalue weighted by Crippen LogP contribution is -2.49. The van der Waals surface area contributed by atoms with Gasteiger partial charge in [0.25, 0.3) is 0 Å². The maximum atomic E-state index is 12.2. The lowest BCUT2D eigenvalue weighted by molar-refractivity contribution is -0.105. The summed E-state index contributed by atoms with van der Waals surface area (Å²) in [6.45, 7) is 2.60. The van der Waals surface area contributed by atoms with Crippen molar-refractivity contribution in [2.45, 2.75) is 45.1 Å². The van der Waals surface area contributed by atoms with Crippen molar-refractivity contribution in [1.29, 1.82) is 0 Å². The lowest BCUT2D eigenvalue weighted by Gasteiger charge is -2.39. The predicted molar refractivity (Wildman–Crippen MR) is 78.4 cm³/mol. The number of hydrogen-bond donors (Lipinski definition) is 2. The van der Waals surface area contributed by atoms with E-state index in [1.54, 1.807) is 4.90 Å². The van der Waals surface area contributed by atoms with E-state index in [0.717, 1.165) is 24.8 Å². The van der Waals surface area contributed by atoms with Crippen molar-refractivity contribution < 1.29 is 19.7 Å². The molecule has 2 atom stereocenters. The molecule has 0 aliphatic carbocycles. The number of hydrogen-bond acceptors (Lipinski definition) is 4. The summed E-state index contributed by atoms with van der Waals surface area (Å²) in [6, 6.07) is 9.63. The van der Waals surface area contributed by atoms with Crippen molar-refractivity contribution in [3.05, 3.63) is 35.9 Å². The number of carbonyl (C=O) groups is 1. The molecule has 1 unspecified atom stereocenters. The van der Waals surface area contributed by atoms with Gasteiger partial charge in [-0.3, -0.25) is 0 Å². The largest absolute Gasteiger partial charge is 0.445 e. The fourth-order valence-corrected chi connectivity index (χ4v) is 2.75. The summed E-state index contributed by atoms with van der Waals surface area (Å²) in [4.78, 5) is 13.9. The molecule has 1 aromatic carbocycles. The standard InChI is InChI=1S/C16H23NO4/c1-2-14-9-8-13(15(18)19)10-17(14)16(20)21-11-12-6-4-3-5-7-12/h3-7,13-15,18-19H,2,8-11H2,1H3/t13-,14?/m1/s1. The molecule has 1 amide bonds. The Morgan fingerprint density at radius 3 is 2.67 bits per heavy atom. The molecular weight excluding hydrogens is 270 g/mol. The average Bonchev–Trinajstić information content (AvgIpc) is 2.52. The lowest BCUT2D eigenvalue weighted by atomic mass is 9.91. The first-order valence-corrected chi connectivity index (χ1v) is 7.45. The summed E-state index contributed by atoms with van der Waals surface area (Å²) in [5, 5.41) is 18.6. The molecule has 1 aliphatic rings. The Labute approximate surface area is 125 Å². The Hall–Kier alpha value is -1.59. The Bertz CT molecular complexity index is 449. The number of carbonyl (C=O) groups excluding carboxylic acids is 1. The Balaban J connectivity index is 1.94. The third-order valence-corrected chi connectivity index (χ3v) is 4.08. The van der Waals surface area contributed by atoms with Crippen LogP contribution in [0.15, 0.2) is 30.3 Å². The highest BCUT2D eigenvalue weighted by Crippen LogP contribution is 2.26. The highest BCUT2D eigenvalue weighted by molar-refractivity contribution is 5.68. The third kappa shape index (κ3) is 4.19. The van der Waals surface area contributed by atoms with Crippen LogP contribution in [0.1, 0.15) is 31.7 Å². The molecular formula is C16H23NO4. The van der Waals surface area contributed by atoms with Gasteiger partial charge in [0.1, 0.15) is 6.61 Å². The highest BCUT2D eigenvalue weighted by Gasteiger charge is 2.34. The summed E-state index contributed by atoms with van der Waals surface area (Å²) in [7, 11) is 0. The van der Waals surface area contributed by atoms with Gasteiger partial charge in [-0.05, 0) is 24.8 Å². The maximum Gasteiger partial charge on any atom is 0.410 e. The van der Waals surface area contributed by atoms with E-state index in [-0.39, 0.29) is 24.7 Å². The minimum absolute atomic E-state index is 0.114. The second kappa shape index (κ2) is 7.43. The van der Waals surface area contributed by atoms with Crippen LogP contribution in [0.5, 0.6) is 0 Å². The van der Waals surface area contributed by atoms with Crippen LogP contribution in [0.4, 0.5) is 4.79 Å². The molecule has 5 heteroatoms. The van der Waals surface area contributed by atoms with Crippen LogP contribution < -0.4 is 0 Å². The van der Waals surface area contributed by atoms with E-state index in [1.807, 2.05) is 37.3 Å². The maximum absolute atomic E-state index is 12.2. The molecule has 0 bridgehead atoms. The van der Waals surface area contributed by atoms with Gasteiger partial charge in [-0.25, -0.2) is 4.79 Å². The number of amides is 1. The normalized spacial score (nSPS) is 22.4. The molecule has 5 nitrogen and oxygen atoms in total. The molecule has 1 heterocycles. The van der Waals surface area contributed by atoms with E-state index in [2.05, 4.69) is 0 Å². The first kappa shape index (κ1) is 15.8. The summed E-state index contributed by atoms with van der Waals surface area (Å²) in [5.41, 5.74) is 0.939. The molecule has 21 heavy (non-hydrogen) atoms. The molecule has 2 N–H and O–H groups in total. The average molecular weight is 293 g/mol. The fourth-order valence-electron chi connectivity index (χ4n) is 2.75. The van der Waals surface area contributed by atoms with Gasteiger partial charge < -0.3 is 19.8 Å². The number of ether oxygens (including phenoxy) is 1. The van der Waals surface area contributed by atoms with E-state index >= 15 is 0 Å². The van der Waals surface area contributed by atoms with E-state index in [4.69, 9.17) is 4.74 Å². The summed E-state index contributed by atoms with van der Waals surface area (Å²) in [6.07, 6.45) is 0.579. The van der Waals surface area contributed by atoms with Crippen LogP contribution in [0.3, 0.4) is 0 Å². The van der Waals surface area contributed by atoms with Crippen LogP contribution in [0.25, 0.3) is 0 Å². The van der Waals surface area contributed by atoms with Gasteiger partial charge in [-0.15, -0.1) is 0 Å². The molecule has 0 radical (unpaired) electrons. The Morgan fingerprint density at radius 2 is 2.05 bits per heavy atom. The van der Waals surface area contributed by atoms with Crippen LogP contribution >= 0.6 is 0 Å². The SMILES string of the molecule is CCC1CC[C@@H](C(O)O)CN1C(=O)OCc1ccccc1. The van der Waals surface area contributed by atoms with Crippen LogP contribution in [-0.4, -0.2) is 40.1 Å². The molecule has 1 aliphatic heterocycles.